The minimum Gasteiger partial charge on any atom is -0.459 e. The van der Waals surface area contributed by atoms with Gasteiger partial charge in [0.05, 0.1) is 66.3 Å². The van der Waals surface area contributed by atoms with Crippen LogP contribution in [0.2, 0.25) is 0 Å². The third-order valence-corrected chi connectivity index (χ3v) is 14.0. The van der Waals surface area contributed by atoms with E-state index in [1.54, 1.807) is 48.7 Å². The van der Waals surface area contributed by atoms with Gasteiger partial charge in [-0.2, -0.15) is 0 Å². The lowest BCUT2D eigenvalue weighted by atomic mass is 9.77. The van der Waals surface area contributed by atoms with Crippen molar-refractivity contribution in [2.45, 2.75) is 204 Å². The molecule has 0 aliphatic carbocycles. The van der Waals surface area contributed by atoms with Crippen molar-refractivity contribution in [1.29, 1.82) is 0 Å². The zero-order valence-electron chi connectivity index (χ0n) is 38.1. The highest BCUT2D eigenvalue weighted by Gasteiger charge is 2.55. The standard InChI is InChI=1S/C43H75N3O14/c1-14-30-43(10,51)34(47)26(6)45-37(49)22(2)19-42(9,53-13)36(24(4)32(25(5)38(50)57-30)58-31-20-41(8,52-12)35(48)27(7)56-31)60-39-33-29(18-23(3)55-39)46(11)40(59-33)44-21-28-16-15-17-54-28/h22-36,39,47-48,51H,14-21H2,1-13H3,(H,45,49)/t22-,23-,24+,25-,26-,27+,28?,29+,30-,31+,32+,33-,34-,35+,36-,39-,41-,42-,43-/m1/s1. The number of aliphatic imine (C=N–C) groups is 1. The van der Waals surface area contributed by atoms with E-state index < -0.39 is 102 Å². The lowest BCUT2D eigenvalue weighted by molar-refractivity contribution is -0.315. The molecular weight excluding hydrogens is 782 g/mol. The van der Waals surface area contributed by atoms with Crippen molar-refractivity contribution in [1.82, 2.24) is 10.2 Å². The van der Waals surface area contributed by atoms with Gasteiger partial charge in [0, 0.05) is 46.1 Å². The first-order valence-electron chi connectivity index (χ1n) is 22.0. The highest BCUT2D eigenvalue weighted by Crippen LogP contribution is 2.42. The first kappa shape index (κ1) is 48.8. The Bertz CT molecular complexity index is 1480. The summed E-state index contributed by atoms with van der Waals surface area (Å²) in [6.45, 7) is 18.6. The molecule has 0 aromatic rings. The van der Waals surface area contributed by atoms with Gasteiger partial charge < -0.3 is 68.2 Å². The molecule has 0 bridgehead atoms. The summed E-state index contributed by atoms with van der Waals surface area (Å²) >= 11 is 0. The van der Waals surface area contributed by atoms with Crippen molar-refractivity contribution in [2.75, 3.05) is 34.4 Å². The highest BCUT2D eigenvalue weighted by atomic mass is 16.7. The Kier molecular flexibility index (Phi) is 16.0. The molecule has 1 amide bonds. The second-order valence-electron chi connectivity index (χ2n) is 18.7. The number of amidine groups is 1. The molecule has 5 fully saturated rings. The second kappa shape index (κ2) is 19.7. The Hall–Kier alpha value is -2.19. The van der Waals surface area contributed by atoms with Crippen molar-refractivity contribution in [3.8, 4) is 0 Å². The van der Waals surface area contributed by atoms with Crippen LogP contribution in [0.3, 0.4) is 0 Å². The lowest BCUT2D eigenvalue weighted by Gasteiger charge is -2.49. The Morgan fingerprint density at radius 3 is 2.23 bits per heavy atom. The van der Waals surface area contributed by atoms with Gasteiger partial charge in [0.15, 0.2) is 18.7 Å². The van der Waals surface area contributed by atoms with Crippen LogP contribution < -0.4 is 5.32 Å². The summed E-state index contributed by atoms with van der Waals surface area (Å²) in [7, 11) is 5.01. The van der Waals surface area contributed by atoms with Crippen LogP contribution >= 0.6 is 0 Å². The van der Waals surface area contributed by atoms with Crippen molar-refractivity contribution < 1.29 is 67.5 Å². The number of rotatable bonds is 9. The number of fused-ring (bicyclic) bond motifs is 1. The maximum Gasteiger partial charge on any atom is 0.311 e. The monoisotopic (exact) mass is 858 g/mol. The fourth-order valence-electron chi connectivity index (χ4n) is 9.87. The zero-order chi connectivity index (χ0) is 44.5. The summed E-state index contributed by atoms with van der Waals surface area (Å²) < 4.78 is 57.5. The van der Waals surface area contributed by atoms with Gasteiger partial charge in [0.2, 0.25) is 5.91 Å². The van der Waals surface area contributed by atoms with E-state index >= 15 is 0 Å². The molecule has 0 radical (unpaired) electrons. The van der Waals surface area contributed by atoms with Crippen LogP contribution in [-0.4, -0.2) is 169 Å². The number of aliphatic hydroxyl groups is 3. The third-order valence-electron chi connectivity index (χ3n) is 14.0. The van der Waals surface area contributed by atoms with Crippen LogP contribution in [0.15, 0.2) is 4.99 Å². The van der Waals surface area contributed by atoms with E-state index in [1.807, 2.05) is 32.7 Å². The van der Waals surface area contributed by atoms with E-state index in [1.165, 1.54) is 14.0 Å². The predicted octanol–water partition coefficient (Wildman–Crippen LogP) is 2.68. The zero-order valence-corrected chi connectivity index (χ0v) is 38.1. The van der Waals surface area contributed by atoms with Gasteiger partial charge in [0.25, 0.3) is 6.02 Å². The topological polar surface area (TPSA) is 206 Å². The van der Waals surface area contributed by atoms with E-state index in [4.69, 9.17) is 47.6 Å². The number of nitrogens with one attached hydrogen (secondary N) is 1. The molecule has 0 aromatic heterocycles. The van der Waals surface area contributed by atoms with E-state index in [9.17, 15) is 24.9 Å². The summed E-state index contributed by atoms with van der Waals surface area (Å²) in [5, 5.41) is 37.1. The van der Waals surface area contributed by atoms with Crippen LogP contribution in [0, 0.1) is 17.8 Å². The molecule has 17 nitrogen and oxygen atoms in total. The molecule has 17 heteroatoms. The summed E-state index contributed by atoms with van der Waals surface area (Å²) in [6, 6.07) is -0.580. The molecule has 5 heterocycles. The average Bonchev–Trinajstić information content (AvgIpc) is 3.85. The van der Waals surface area contributed by atoms with E-state index in [-0.39, 0.29) is 43.4 Å². The largest absolute Gasteiger partial charge is 0.459 e. The first-order chi connectivity index (χ1) is 28.1. The molecule has 5 rings (SSSR count). The summed E-state index contributed by atoms with van der Waals surface area (Å²) in [5.41, 5.74) is -4.22. The van der Waals surface area contributed by atoms with Gasteiger partial charge in [-0.3, -0.25) is 9.59 Å². The maximum absolute atomic E-state index is 14.4. The Morgan fingerprint density at radius 1 is 0.933 bits per heavy atom. The van der Waals surface area contributed by atoms with Crippen molar-refractivity contribution in [3.63, 3.8) is 0 Å². The molecule has 4 N–H and O–H groups in total. The third kappa shape index (κ3) is 10.3. The van der Waals surface area contributed by atoms with Crippen LogP contribution in [0.5, 0.6) is 0 Å². The number of aliphatic hydroxyl groups excluding tert-OH is 2. The number of carbonyl (C=O) groups is 2. The van der Waals surface area contributed by atoms with Gasteiger partial charge in [-0.1, -0.05) is 20.8 Å². The van der Waals surface area contributed by atoms with Crippen molar-refractivity contribution in [3.05, 3.63) is 0 Å². The number of ether oxygens (including phenoxy) is 9. The van der Waals surface area contributed by atoms with Crippen LogP contribution in [0.4, 0.5) is 0 Å². The fraction of sp³-hybridized carbons (Fsp3) is 0.930. The van der Waals surface area contributed by atoms with Gasteiger partial charge in [-0.15, -0.1) is 0 Å². The SMILES string of the molecule is CC[C@H]1OC(=O)[C@H](C)[C@@H](O[C@H]2C[C@@](C)(OC)[C@@H](O)[C@H](C)O2)[C@H](C)[C@@H](O[C@H]2O[C@H](C)C[C@H]3[C@H]2OC(=NCC2CCCO2)N3C)[C@](C)(OC)C[C@@H](C)C(=O)N[C@H](C)[C@@H](O)[C@]1(C)O. The van der Waals surface area contributed by atoms with Gasteiger partial charge in [-0.25, -0.2) is 4.99 Å². The minimum absolute atomic E-state index is 0.0348. The number of hydrogen-bond donors (Lipinski definition) is 4. The van der Waals surface area contributed by atoms with Gasteiger partial charge >= 0.3 is 5.97 Å². The van der Waals surface area contributed by atoms with Crippen LogP contribution in [0.25, 0.3) is 0 Å². The fourth-order valence-corrected chi connectivity index (χ4v) is 9.87. The van der Waals surface area contributed by atoms with Crippen LogP contribution in [0.1, 0.15) is 108 Å². The summed E-state index contributed by atoms with van der Waals surface area (Å²) in [5.74, 6) is -3.50. The Balaban J connectivity index is 1.59. The van der Waals surface area contributed by atoms with Crippen molar-refractivity contribution in [2.24, 2.45) is 22.7 Å². The highest BCUT2D eigenvalue weighted by molar-refractivity contribution is 5.79. The summed E-state index contributed by atoms with van der Waals surface area (Å²) in [6.07, 6.45) is -5.94. The van der Waals surface area contributed by atoms with Crippen LogP contribution in [-0.2, 0) is 52.2 Å². The Labute approximate surface area is 356 Å². The predicted molar refractivity (Wildman–Crippen MR) is 219 cm³/mol. The van der Waals surface area contributed by atoms with E-state index in [0.717, 1.165) is 19.4 Å². The smallest absolute Gasteiger partial charge is 0.311 e. The number of methoxy groups -OCH3 is 2. The van der Waals surface area contributed by atoms with E-state index in [0.29, 0.717) is 19.0 Å². The lowest BCUT2D eigenvalue weighted by Crippen LogP contribution is -2.60. The number of esters is 1. The molecular formula is C43H75N3O14. The number of cyclic esters (lactones) is 1. The number of amides is 1. The van der Waals surface area contributed by atoms with E-state index in [2.05, 4.69) is 5.32 Å². The Morgan fingerprint density at radius 2 is 1.62 bits per heavy atom. The molecule has 0 saturated carbocycles. The normalized spacial score (nSPS) is 48.1. The molecule has 0 aromatic carbocycles. The van der Waals surface area contributed by atoms with Crippen molar-refractivity contribution >= 4 is 17.9 Å². The average molecular weight is 858 g/mol. The number of likely N-dealkylation sites (N-methyl/N-ethyl adjacent to an activating group) is 1. The number of carbonyl (C=O) groups excluding carboxylic acids is 2. The minimum atomic E-state index is -1.94. The molecule has 346 valence electrons. The van der Waals surface area contributed by atoms with Gasteiger partial charge in [-0.05, 0) is 80.6 Å². The number of hydrogen-bond acceptors (Lipinski definition) is 15. The molecule has 1 unspecified atom stereocenters. The first-order valence-corrected chi connectivity index (χ1v) is 22.0. The van der Waals surface area contributed by atoms with Gasteiger partial charge in [0.1, 0.15) is 23.9 Å². The molecule has 19 atom stereocenters. The molecule has 0 spiro atoms. The molecule has 5 saturated heterocycles. The second-order valence-corrected chi connectivity index (χ2v) is 18.7. The summed E-state index contributed by atoms with van der Waals surface area (Å²) in [4.78, 5) is 35.2. The quantitative estimate of drug-likeness (QED) is 0.246. The molecule has 5 aliphatic heterocycles. The number of nitrogens with zero attached hydrogens (tertiary/aromatic N) is 2. The molecule has 5 aliphatic rings. The maximum atomic E-state index is 14.4. The molecule has 60 heavy (non-hydrogen) atoms.